The van der Waals surface area contributed by atoms with Crippen LogP contribution in [0.2, 0.25) is 0 Å². The summed E-state index contributed by atoms with van der Waals surface area (Å²) in [6.07, 6.45) is 0. The van der Waals surface area contributed by atoms with E-state index in [1.807, 2.05) is 13.0 Å². The van der Waals surface area contributed by atoms with Gasteiger partial charge < -0.3 is 5.32 Å². The molecule has 0 aliphatic heterocycles. The molecule has 0 saturated heterocycles. The standard InChI is InChI=1S/C18H19ClN2O4S/c1-12-4-9-17(13(2)10-12)21(11-18(19)23)26(24,25)16-7-5-15(6-8-16)20-14(3)22/h4-10H,11H2,1-3H3,(H,20,22). The Morgan fingerprint density at radius 2 is 1.69 bits per heavy atom. The van der Waals surface area contributed by atoms with Gasteiger partial charge in [-0.25, -0.2) is 8.42 Å². The van der Waals surface area contributed by atoms with E-state index in [4.69, 9.17) is 11.6 Å². The number of nitrogens with zero attached hydrogens (tertiary/aromatic N) is 1. The normalized spacial score (nSPS) is 11.1. The third-order valence-corrected chi connectivity index (χ3v) is 5.55. The van der Waals surface area contributed by atoms with Gasteiger partial charge in [0.05, 0.1) is 10.6 Å². The quantitative estimate of drug-likeness (QED) is 0.762. The third kappa shape index (κ3) is 4.62. The van der Waals surface area contributed by atoms with Gasteiger partial charge in [0.15, 0.2) is 0 Å². The predicted molar refractivity (Wildman–Crippen MR) is 102 cm³/mol. The number of benzene rings is 2. The van der Waals surface area contributed by atoms with Crippen molar-refractivity contribution in [2.45, 2.75) is 25.7 Å². The van der Waals surface area contributed by atoms with Crippen LogP contribution < -0.4 is 9.62 Å². The van der Waals surface area contributed by atoms with Crippen molar-refractivity contribution in [2.24, 2.45) is 0 Å². The van der Waals surface area contributed by atoms with Crippen LogP contribution in [0.1, 0.15) is 18.1 Å². The maximum absolute atomic E-state index is 13.1. The van der Waals surface area contributed by atoms with Gasteiger partial charge in [-0.15, -0.1) is 0 Å². The Balaban J connectivity index is 2.49. The highest BCUT2D eigenvalue weighted by molar-refractivity contribution is 7.92. The molecule has 0 unspecified atom stereocenters. The lowest BCUT2D eigenvalue weighted by Gasteiger charge is -2.25. The monoisotopic (exact) mass is 394 g/mol. The maximum Gasteiger partial charge on any atom is 0.264 e. The molecule has 0 aromatic heterocycles. The maximum atomic E-state index is 13.1. The third-order valence-electron chi connectivity index (χ3n) is 3.65. The van der Waals surface area contributed by atoms with E-state index in [0.29, 0.717) is 16.9 Å². The van der Waals surface area contributed by atoms with E-state index in [1.165, 1.54) is 31.2 Å². The first-order chi connectivity index (χ1) is 12.1. The van der Waals surface area contributed by atoms with Crippen LogP contribution >= 0.6 is 11.6 Å². The number of sulfonamides is 1. The molecule has 2 aromatic carbocycles. The summed E-state index contributed by atoms with van der Waals surface area (Å²) in [6.45, 7) is 4.53. The van der Waals surface area contributed by atoms with Gasteiger partial charge in [-0.1, -0.05) is 17.7 Å². The second-order valence-electron chi connectivity index (χ2n) is 5.86. The zero-order valence-corrected chi connectivity index (χ0v) is 16.2. The Labute approximate surface area is 157 Å². The summed E-state index contributed by atoms with van der Waals surface area (Å²) in [7, 11) is -4.01. The molecule has 0 heterocycles. The van der Waals surface area contributed by atoms with Gasteiger partial charge in [-0.2, -0.15) is 0 Å². The molecule has 0 fully saturated rings. The first-order valence-corrected chi connectivity index (χ1v) is 9.59. The molecule has 6 nitrogen and oxygen atoms in total. The zero-order valence-electron chi connectivity index (χ0n) is 14.6. The van der Waals surface area contributed by atoms with Crippen LogP contribution in [0.25, 0.3) is 0 Å². The Kier molecular flexibility index (Phi) is 6.05. The van der Waals surface area contributed by atoms with Crippen LogP contribution in [-0.2, 0) is 19.6 Å². The first-order valence-electron chi connectivity index (χ1n) is 7.77. The summed E-state index contributed by atoms with van der Waals surface area (Å²) in [4.78, 5) is 22.5. The smallest absolute Gasteiger partial charge is 0.264 e. The molecule has 1 amide bonds. The highest BCUT2D eigenvalue weighted by atomic mass is 35.5. The molecule has 0 bridgehead atoms. The molecule has 0 aliphatic carbocycles. The van der Waals surface area contributed by atoms with E-state index in [-0.39, 0.29) is 10.8 Å². The summed E-state index contributed by atoms with van der Waals surface area (Å²) in [5.74, 6) is -0.259. The van der Waals surface area contributed by atoms with Crippen LogP contribution in [0.3, 0.4) is 0 Å². The Bertz CT molecular complexity index is 940. The number of rotatable bonds is 6. The summed E-state index contributed by atoms with van der Waals surface area (Å²) < 4.78 is 27.1. The van der Waals surface area contributed by atoms with Gasteiger partial charge in [-0.3, -0.25) is 13.9 Å². The van der Waals surface area contributed by atoms with Crippen LogP contribution in [-0.4, -0.2) is 26.1 Å². The van der Waals surface area contributed by atoms with Gasteiger partial charge in [0.25, 0.3) is 10.0 Å². The van der Waals surface area contributed by atoms with Crippen molar-refractivity contribution in [2.75, 3.05) is 16.2 Å². The van der Waals surface area contributed by atoms with Crippen LogP contribution in [0, 0.1) is 13.8 Å². The molecule has 8 heteroatoms. The van der Waals surface area contributed by atoms with Crippen molar-refractivity contribution < 1.29 is 18.0 Å². The molecule has 26 heavy (non-hydrogen) atoms. The highest BCUT2D eigenvalue weighted by Gasteiger charge is 2.27. The van der Waals surface area contributed by atoms with E-state index in [2.05, 4.69) is 5.32 Å². The number of hydrogen-bond acceptors (Lipinski definition) is 4. The van der Waals surface area contributed by atoms with Gasteiger partial charge in [0.2, 0.25) is 11.1 Å². The van der Waals surface area contributed by atoms with Gasteiger partial charge in [0, 0.05) is 12.6 Å². The summed E-state index contributed by atoms with van der Waals surface area (Å²) >= 11 is 5.49. The number of carbonyl (C=O) groups is 2. The number of carbonyl (C=O) groups excluding carboxylic acids is 2. The molecule has 0 saturated carbocycles. The Morgan fingerprint density at radius 3 is 2.19 bits per heavy atom. The summed E-state index contributed by atoms with van der Waals surface area (Å²) in [5.41, 5.74) is 2.54. The molecule has 138 valence electrons. The fourth-order valence-electron chi connectivity index (χ4n) is 2.54. The second kappa shape index (κ2) is 7.88. The van der Waals surface area contributed by atoms with Gasteiger partial charge in [-0.05, 0) is 61.3 Å². The number of anilines is 2. The number of halogens is 1. The molecular weight excluding hydrogens is 376 g/mol. The van der Waals surface area contributed by atoms with Crippen LogP contribution in [0.5, 0.6) is 0 Å². The van der Waals surface area contributed by atoms with E-state index in [0.717, 1.165) is 9.87 Å². The lowest BCUT2D eigenvalue weighted by atomic mass is 10.1. The van der Waals surface area contributed by atoms with Crippen molar-refractivity contribution in [3.63, 3.8) is 0 Å². The molecule has 1 N–H and O–H groups in total. The van der Waals surface area contributed by atoms with Crippen LogP contribution in [0.4, 0.5) is 11.4 Å². The Morgan fingerprint density at radius 1 is 1.08 bits per heavy atom. The molecule has 0 aliphatic rings. The van der Waals surface area contributed by atoms with E-state index in [9.17, 15) is 18.0 Å². The van der Waals surface area contributed by atoms with Crippen molar-refractivity contribution >= 4 is 44.1 Å². The van der Waals surface area contributed by atoms with Crippen molar-refractivity contribution in [3.8, 4) is 0 Å². The number of hydrogen-bond donors (Lipinski definition) is 1. The summed E-state index contributed by atoms with van der Waals surface area (Å²) in [5, 5.41) is 1.78. The number of aryl methyl sites for hydroxylation is 2. The van der Waals surface area contributed by atoms with E-state index >= 15 is 0 Å². The molecule has 2 aromatic rings. The van der Waals surface area contributed by atoms with Crippen molar-refractivity contribution in [1.82, 2.24) is 0 Å². The average Bonchev–Trinajstić information content (AvgIpc) is 2.53. The fraction of sp³-hybridized carbons (Fsp3) is 0.222. The summed E-state index contributed by atoms with van der Waals surface area (Å²) in [6, 6.07) is 11.0. The molecule has 0 radical (unpaired) electrons. The average molecular weight is 395 g/mol. The minimum Gasteiger partial charge on any atom is -0.326 e. The molecular formula is C18H19ClN2O4S. The van der Waals surface area contributed by atoms with E-state index in [1.54, 1.807) is 19.1 Å². The second-order valence-corrected chi connectivity index (χ2v) is 8.15. The number of nitrogens with one attached hydrogen (secondary N) is 1. The first kappa shape index (κ1) is 19.9. The van der Waals surface area contributed by atoms with Gasteiger partial charge >= 0.3 is 0 Å². The van der Waals surface area contributed by atoms with Crippen molar-refractivity contribution in [1.29, 1.82) is 0 Å². The largest absolute Gasteiger partial charge is 0.326 e. The zero-order chi connectivity index (χ0) is 19.5. The molecule has 0 spiro atoms. The lowest BCUT2D eigenvalue weighted by molar-refractivity contribution is -0.114. The van der Waals surface area contributed by atoms with E-state index < -0.39 is 21.8 Å². The Hall–Kier alpha value is -2.38. The molecule has 0 atom stereocenters. The SMILES string of the molecule is CC(=O)Nc1ccc(S(=O)(=O)N(CC(=O)Cl)c2ccc(C)cc2C)cc1. The van der Waals surface area contributed by atoms with Gasteiger partial charge in [0.1, 0.15) is 6.54 Å². The fourth-order valence-corrected chi connectivity index (χ4v) is 4.21. The predicted octanol–water partition coefficient (Wildman–Crippen LogP) is 3.22. The topological polar surface area (TPSA) is 83.6 Å². The van der Waals surface area contributed by atoms with Crippen molar-refractivity contribution in [3.05, 3.63) is 53.6 Å². The minimum absolute atomic E-state index is 0.00973. The lowest BCUT2D eigenvalue weighted by Crippen LogP contribution is -2.35. The highest BCUT2D eigenvalue weighted by Crippen LogP contribution is 2.28. The minimum atomic E-state index is -4.01. The van der Waals surface area contributed by atoms with Crippen LogP contribution in [0.15, 0.2) is 47.4 Å². The number of amides is 1. The molecule has 2 rings (SSSR count).